The maximum absolute atomic E-state index is 10.6. The molecule has 0 aliphatic rings. The van der Waals surface area contributed by atoms with Gasteiger partial charge >= 0.3 is 0 Å². The molecule has 0 saturated carbocycles. The van der Waals surface area contributed by atoms with Gasteiger partial charge in [0, 0.05) is 0 Å². The van der Waals surface area contributed by atoms with Crippen LogP contribution in [0.25, 0.3) is 0 Å². The van der Waals surface area contributed by atoms with E-state index in [1.54, 1.807) is 7.05 Å². The van der Waals surface area contributed by atoms with Gasteiger partial charge in [-0.25, -0.2) is 0 Å². The molecule has 60 valence electrons. The predicted molar refractivity (Wildman–Crippen MR) is 48.3 cm³/mol. The first kappa shape index (κ1) is 10.1. The van der Waals surface area contributed by atoms with Crippen LogP contribution in [0.2, 0.25) is 0 Å². The van der Waals surface area contributed by atoms with Gasteiger partial charge in [0.05, 0.1) is 4.58 Å². The number of likely N-dealkylation sites (N-methyl/N-ethyl adjacent to an activating group) is 1. The van der Waals surface area contributed by atoms with Gasteiger partial charge in [0.2, 0.25) is 5.91 Å². The Morgan fingerprint density at radius 3 is 2.40 bits per heavy atom. The topological polar surface area (TPSA) is 55.1 Å². The van der Waals surface area contributed by atoms with E-state index in [1.807, 2.05) is 6.26 Å². The average Bonchev–Trinajstić information content (AvgIpc) is 1.88. The Kier molecular flexibility index (Phi) is 4.93. The van der Waals surface area contributed by atoms with E-state index in [0.717, 1.165) is 0 Å². The number of carbonyl (C=O) groups is 1. The van der Waals surface area contributed by atoms with Crippen LogP contribution in [-0.4, -0.2) is 29.8 Å². The Morgan fingerprint density at radius 2 is 2.30 bits per heavy atom. The summed E-state index contributed by atoms with van der Waals surface area (Å²) in [6, 6.07) is -0.349. The molecule has 10 heavy (non-hydrogen) atoms. The molecule has 0 bridgehead atoms. The molecule has 0 fully saturated rings. The van der Waals surface area contributed by atoms with Crippen molar-refractivity contribution in [3.63, 3.8) is 0 Å². The number of rotatable bonds is 4. The molecular formula is C5H12N2OS2. The molecule has 0 rings (SSSR count). The Balaban J connectivity index is 3.92. The summed E-state index contributed by atoms with van der Waals surface area (Å²) in [5, 5.41) is 2.78. The fraction of sp³-hybridized carbons (Fsp3) is 0.800. The van der Waals surface area contributed by atoms with Crippen molar-refractivity contribution in [2.75, 3.05) is 13.3 Å². The summed E-state index contributed by atoms with van der Waals surface area (Å²) in [7, 11) is 1.69. The van der Waals surface area contributed by atoms with E-state index < -0.39 is 0 Å². The standard InChI is InChI=1S/C5H12N2OS2/c1-7-3(4(6)8)5(9)10-2/h3,5,7,9H,1-2H3,(H2,6,8)/t3-,5+/m1/s1. The van der Waals surface area contributed by atoms with Crippen molar-refractivity contribution in [1.82, 2.24) is 5.32 Å². The molecule has 0 saturated heterocycles. The number of primary amides is 1. The summed E-state index contributed by atoms with van der Waals surface area (Å²) in [4.78, 5) is 10.6. The van der Waals surface area contributed by atoms with Crippen molar-refractivity contribution in [2.45, 2.75) is 10.6 Å². The SMILES string of the molecule is CN[C@H](C(N)=O)[C@@H](S)SC. The lowest BCUT2D eigenvalue weighted by Crippen LogP contribution is -2.44. The maximum atomic E-state index is 10.6. The van der Waals surface area contributed by atoms with Gasteiger partial charge in [-0.15, -0.1) is 11.8 Å². The molecule has 0 aliphatic heterocycles. The van der Waals surface area contributed by atoms with Crippen molar-refractivity contribution in [1.29, 1.82) is 0 Å². The third kappa shape index (κ3) is 2.81. The van der Waals surface area contributed by atoms with Crippen LogP contribution in [0.1, 0.15) is 0 Å². The second-order valence-electron chi connectivity index (χ2n) is 1.79. The van der Waals surface area contributed by atoms with E-state index in [4.69, 9.17) is 5.73 Å². The highest BCUT2D eigenvalue weighted by Crippen LogP contribution is 2.14. The average molecular weight is 180 g/mol. The molecule has 3 nitrogen and oxygen atoms in total. The van der Waals surface area contributed by atoms with Crippen molar-refractivity contribution in [3.05, 3.63) is 0 Å². The summed E-state index contributed by atoms with van der Waals surface area (Å²) >= 11 is 5.63. The Labute approximate surface area is 70.5 Å². The summed E-state index contributed by atoms with van der Waals surface area (Å²) in [5.41, 5.74) is 5.06. The third-order valence-corrected chi connectivity index (χ3v) is 2.83. The number of hydrogen-bond acceptors (Lipinski definition) is 4. The van der Waals surface area contributed by atoms with Crippen LogP contribution >= 0.6 is 24.4 Å². The highest BCUT2D eigenvalue weighted by Gasteiger charge is 2.19. The van der Waals surface area contributed by atoms with Gasteiger partial charge in [0.15, 0.2) is 0 Å². The second kappa shape index (κ2) is 4.87. The van der Waals surface area contributed by atoms with Crippen LogP contribution in [0.5, 0.6) is 0 Å². The molecule has 0 aliphatic carbocycles. The first-order valence-electron chi connectivity index (χ1n) is 2.81. The van der Waals surface area contributed by atoms with Gasteiger partial charge in [-0.05, 0) is 13.3 Å². The van der Waals surface area contributed by atoms with Crippen LogP contribution in [0.3, 0.4) is 0 Å². The van der Waals surface area contributed by atoms with Crippen LogP contribution in [0, 0.1) is 0 Å². The first-order chi connectivity index (χ1) is 4.63. The lowest BCUT2D eigenvalue weighted by Gasteiger charge is -2.16. The summed E-state index contributed by atoms with van der Waals surface area (Å²) < 4.78 is -0.0671. The Morgan fingerprint density at radius 1 is 1.80 bits per heavy atom. The molecule has 2 atom stereocenters. The quantitative estimate of drug-likeness (QED) is 0.410. The molecule has 5 heteroatoms. The molecule has 0 radical (unpaired) electrons. The van der Waals surface area contributed by atoms with Gasteiger partial charge in [-0.1, -0.05) is 0 Å². The second-order valence-corrected chi connectivity index (χ2v) is 3.68. The van der Waals surface area contributed by atoms with Gasteiger partial charge in [0.25, 0.3) is 0 Å². The number of hydrogen-bond donors (Lipinski definition) is 3. The molecule has 0 unspecified atom stereocenters. The molecule has 0 heterocycles. The molecule has 0 aromatic rings. The van der Waals surface area contributed by atoms with Gasteiger partial charge < -0.3 is 11.1 Å². The molecule has 1 amide bonds. The minimum atomic E-state index is -0.364. The zero-order valence-corrected chi connectivity index (χ0v) is 7.71. The smallest absolute Gasteiger partial charge is 0.236 e. The monoisotopic (exact) mass is 180 g/mol. The molecule has 0 aromatic heterocycles. The first-order valence-corrected chi connectivity index (χ1v) is 4.61. The van der Waals surface area contributed by atoms with E-state index in [-0.39, 0.29) is 16.5 Å². The van der Waals surface area contributed by atoms with Crippen molar-refractivity contribution in [2.24, 2.45) is 5.73 Å². The number of nitrogens with two attached hydrogens (primary N) is 1. The number of amides is 1. The zero-order valence-electron chi connectivity index (χ0n) is 6.00. The van der Waals surface area contributed by atoms with E-state index in [9.17, 15) is 4.79 Å². The van der Waals surface area contributed by atoms with Gasteiger partial charge in [0.1, 0.15) is 6.04 Å². The highest BCUT2D eigenvalue weighted by atomic mass is 32.2. The highest BCUT2D eigenvalue weighted by molar-refractivity contribution is 8.10. The lowest BCUT2D eigenvalue weighted by atomic mass is 10.3. The van der Waals surface area contributed by atoms with E-state index in [1.165, 1.54) is 11.8 Å². The van der Waals surface area contributed by atoms with Crippen molar-refractivity contribution < 1.29 is 4.79 Å². The fourth-order valence-corrected chi connectivity index (χ4v) is 1.40. The minimum absolute atomic E-state index is 0.0671. The van der Waals surface area contributed by atoms with Crippen LogP contribution < -0.4 is 11.1 Å². The maximum Gasteiger partial charge on any atom is 0.236 e. The van der Waals surface area contributed by atoms with Crippen LogP contribution in [0.4, 0.5) is 0 Å². The number of nitrogens with one attached hydrogen (secondary N) is 1. The van der Waals surface area contributed by atoms with E-state index in [2.05, 4.69) is 17.9 Å². The van der Waals surface area contributed by atoms with Gasteiger partial charge in [-0.2, -0.15) is 12.6 Å². The molecular weight excluding hydrogens is 168 g/mol. The molecule has 0 spiro atoms. The van der Waals surface area contributed by atoms with E-state index >= 15 is 0 Å². The normalized spacial score (nSPS) is 16.3. The number of thioether (sulfide) groups is 1. The zero-order chi connectivity index (χ0) is 8.15. The van der Waals surface area contributed by atoms with Crippen molar-refractivity contribution in [3.8, 4) is 0 Å². The minimum Gasteiger partial charge on any atom is -0.368 e. The van der Waals surface area contributed by atoms with Crippen LogP contribution in [-0.2, 0) is 4.79 Å². The lowest BCUT2D eigenvalue weighted by molar-refractivity contribution is -0.119. The number of thiol groups is 1. The number of carbonyl (C=O) groups excluding carboxylic acids is 1. The summed E-state index contributed by atoms with van der Waals surface area (Å²) in [5.74, 6) is -0.364. The van der Waals surface area contributed by atoms with Crippen LogP contribution in [0.15, 0.2) is 0 Å². The largest absolute Gasteiger partial charge is 0.368 e. The van der Waals surface area contributed by atoms with Crippen molar-refractivity contribution >= 4 is 30.3 Å². The van der Waals surface area contributed by atoms with E-state index in [0.29, 0.717) is 0 Å². The Bertz CT molecular complexity index is 120. The molecule has 3 N–H and O–H groups in total. The Hall–Kier alpha value is 0.130. The van der Waals surface area contributed by atoms with Gasteiger partial charge in [-0.3, -0.25) is 4.79 Å². The summed E-state index contributed by atoms with van der Waals surface area (Å²) in [6.45, 7) is 0. The summed E-state index contributed by atoms with van der Waals surface area (Å²) in [6.07, 6.45) is 1.88. The predicted octanol–water partition coefficient (Wildman–Crippen LogP) is -0.321. The molecule has 0 aromatic carbocycles. The fourth-order valence-electron chi connectivity index (χ4n) is 0.561. The third-order valence-electron chi connectivity index (χ3n) is 1.14.